The van der Waals surface area contributed by atoms with Crippen LogP contribution in [0.15, 0.2) is 86.0 Å². The maximum atomic E-state index is 12.9. The summed E-state index contributed by atoms with van der Waals surface area (Å²) in [6.45, 7) is 22.3. The van der Waals surface area contributed by atoms with Crippen molar-refractivity contribution in [2.45, 2.75) is 153 Å². The first-order chi connectivity index (χ1) is 36.1. The van der Waals surface area contributed by atoms with Crippen LogP contribution in [0.4, 0.5) is 9.59 Å². The van der Waals surface area contributed by atoms with Gasteiger partial charge >= 0.3 is 26.5 Å². The van der Waals surface area contributed by atoms with Gasteiger partial charge in [0.15, 0.2) is 0 Å². The zero-order valence-corrected chi connectivity index (χ0v) is 46.1. The number of alkyl carbamates (subject to hydrolysis) is 1. The molecule has 2 aromatic carbocycles. The summed E-state index contributed by atoms with van der Waals surface area (Å²) >= 11 is 0. The Morgan fingerprint density at radius 2 is 1.17 bits per heavy atom. The van der Waals surface area contributed by atoms with Gasteiger partial charge in [0.25, 0.3) is 11.8 Å². The minimum Gasteiger partial charge on any atom is -0.444 e. The number of benzene rings is 2. The molecule has 5 heterocycles. The van der Waals surface area contributed by atoms with E-state index in [1.165, 1.54) is 35.5 Å². The summed E-state index contributed by atoms with van der Waals surface area (Å²) < 4.78 is 36.4. The maximum Gasteiger partial charge on any atom is 0.534 e. The number of ether oxygens (including phenoxy) is 2. The summed E-state index contributed by atoms with van der Waals surface area (Å²) in [4.78, 5) is 77.8. The molecule has 21 heteroatoms. The lowest BCUT2D eigenvalue weighted by molar-refractivity contribution is -0.185. The molecule has 0 unspecified atom stereocenters. The lowest BCUT2D eigenvalue weighted by Gasteiger charge is -2.63. The van der Waals surface area contributed by atoms with E-state index in [4.69, 9.17) is 33.8 Å². The molecule has 12 atom stereocenters. The van der Waals surface area contributed by atoms with Gasteiger partial charge in [-0.25, -0.2) is 9.59 Å². The van der Waals surface area contributed by atoms with Gasteiger partial charge in [0.05, 0.1) is 42.4 Å². The van der Waals surface area contributed by atoms with E-state index in [0.717, 1.165) is 30.7 Å². The number of nitrogens with zero attached hydrogens (tertiary/aromatic N) is 3. The highest BCUT2D eigenvalue weighted by Gasteiger charge is 2.68. The standard InChI is InChI=1S/C26H35BN2O5.C18H26BNO2.C12H14N2O6.ClH/c1-5-22(30)29-12-11-19(16-29)32-24(31)28-21(13-17-9-7-6-8-10-17)27-33-23-20-14-18(25(20,2)3)15-26(23,4)34-27;1-17(2)13-10-14(17)16-18(3,11-13)22-19(21-16)15(20)9-12-7-5-4-6-8-12;1-2-9(15)13-6-5-8(7-13)19-12(18)20-14-10(16)3-4-11(14)17;/h5-10,18-21,23H,1,11-16H2,2-4H3,(H,28,31);4-8,13-16H,9-11,20H2,1-3H3;2,8H,1,3-7H2;1H/t18-,19-,20+,21-,23-,26+;13-,14+,15-,16-,18+;8-;/m000./s1. The third-order valence-electron chi connectivity index (χ3n) is 18.2. The van der Waals surface area contributed by atoms with Gasteiger partial charge in [-0.3, -0.25) is 24.0 Å². The molecule has 2 aromatic rings. The zero-order valence-electron chi connectivity index (χ0n) is 45.3. The number of hydrogen-bond donors (Lipinski definition) is 2. The largest absolute Gasteiger partial charge is 0.534 e. The monoisotopic (exact) mass is 1080 g/mol. The number of rotatable bonds is 12. The van der Waals surface area contributed by atoms with E-state index in [0.29, 0.717) is 67.1 Å². The van der Waals surface area contributed by atoms with E-state index in [-0.39, 0.29) is 97.5 Å². The highest BCUT2D eigenvalue weighted by Crippen LogP contribution is 2.66. The van der Waals surface area contributed by atoms with Crippen molar-refractivity contribution in [3.8, 4) is 0 Å². The highest BCUT2D eigenvalue weighted by atomic mass is 35.5. The van der Waals surface area contributed by atoms with Gasteiger partial charge < -0.3 is 48.9 Å². The van der Waals surface area contributed by atoms with Crippen molar-refractivity contribution in [1.82, 2.24) is 20.2 Å². The van der Waals surface area contributed by atoms with Crippen LogP contribution >= 0.6 is 12.4 Å². The van der Waals surface area contributed by atoms with Crippen LogP contribution in [0.2, 0.25) is 0 Å². The molecule has 11 fully saturated rings. The van der Waals surface area contributed by atoms with Gasteiger partial charge in [-0.2, -0.15) is 0 Å². The summed E-state index contributed by atoms with van der Waals surface area (Å²) in [7, 11) is -0.814. The second-order valence-corrected chi connectivity index (χ2v) is 23.9. The lowest BCUT2D eigenvalue weighted by Crippen LogP contribution is -2.63. The van der Waals surface area contributed by atoms with Gasteiger partial charge in [-0.05, 0) is 110 Å². The first kappa shape index (κ1) is 57.9. The molecular weight excluding hydrogens is 1010 g/mol. The third-order valence-corrected chi connectivity index (χ3v) is 18.2. The van der Waals surface area contributed by atoms with E-state index in [1.807, 2.05) is 36.4 Å². The fraction of sp³-hybridized carbons (Fsp3) is 0.607. The Bertz CT molecular complexity index is 2510. The number of hydroxylamine groups is 2. The Morgan fingerprint density at radius 1 is 0.714 bits per heavy atom. The van der Waals surface area contributed by atoms with E-state index in [2.05, 4.69) is 89.1 Å². The molecule has 5 amide bonds. The van der Waals surface area contributed by atoms with Gasteiger partial charge in [0.1, 0.15) is 12.2 Å². The number of hydrogen-bond acceptors (Lipinski definition) is 14. The number of likely N-dealkylation sites (tertiary alicyclic amines) is 2. The van der Waals surface area contributed by atoms with Crippen molar-refractivity contribution < 1.29 is 61.7 Å². The molecular formula is C56H76B2ClN5O13. The van der Waals surface area contributed by atoms with E-state index >= 15 is 0 Å². The van der Waals surface area contributed by atoms with E-state index in [1.54, 1.807) is 4.90 Å². The average Bonchev–Trinajstić information content (AvgIpc) is 4.25. The Kier molecular flexibility index (Phi) is 17.5. The van der Waals surface area contributed by atoms with Crippen molar-refractivity contribution in [2.75, 3.05) is 26.2 Å². The molecule has 416 valence electrons. The smallest absolute Gasteiger partial charge is 0.444 e. The first-order valence-corrected chi connectivity index (χ1v) is 27.1. The molecule has 4 bridgehead atoms. The maximum absolute atomic E-state index is 12.9. The molecule has 18 nitrogen and oxygen atoms in total. The molecule has 0 aromatic heterocycles. The van der Waals surface area contributed by atoms with Crippen LogP contribution in [-0.2, 0) is 64.9 Å². The minimum atomic E-state index is -1.12. The summed E-state index contributed by atoms with van der Waals surface area (Å²) in [5, 5.41) is 3.45. The summed E-state index contributed by atoms with van der Waals surface area (Å²) in [5.74, 6) is 0.496. The Hall–Kier alpha value is -5.24. The Labute approximate surface area is 459 Å². The van der Waals surface area contributed by atoms with Gasteiger partial charge in [0.2, 0.25) is 11.8 Å². The topological polar surface area (TPSA) is 215 Å². The molecule has 6 aliphatic carbocycles. The molecule has 5 saturated heterocycles. The lowest BCUT2D eigenvalue weighted by atomic mass is 9.45. The fourth-order valence-corrected chi connectivity index (χ4v) is 13.4. The van der Waals surface area contributed by atoms with Gasteiger partial charge in [0, 0.05) is 44.7 Å². The number of nitrogens with two attached hydrogens (primary N) is 1. The van der Waals surface area contributed by atoms with Crippen LogP contribution in [0.5, 0.6) is 0 Å². The molecule has 0 spiro atoms. The highest BCUT2D eigenvalue weighted by molar-refractivity contribution is 6.48. The number of amides is 5. The normalized spacial score (nSPS) is 32.2. The summed E-state index contributed by atoms with van der Waals surface area (Å²) in [5.41, 5.74) is 8.93. The van der Waals surface area contributed by atoms with Crippen LogP contribution in [0.1, 0.15) is 104 Å². The van der Waals surface area contributed by atoms with Crippen molar-refractivity contribution >= 4 is 62.5 Å². The van der Waals surface area contributed by atoms with Gasteiger partial charge in [-0.15, -0.1) is 12.4 Å². The average molecular weight is 1080 g/mol. The second-order valence-electron chi connectivity index (χ2n) is 23.9. The molecule has 3 N–H and O–H groups in total. The van der Waals surface area contributed by atoms with Crippen molar-refractivity contribution in [2.24, 2.45) is 40.2 Å². The van der Waals surface area contributed by atoms with Crippen LogP contribution in [-0.4, -0.2) is 139 Å². The molecule has 77 heavy (non-hydrogen) atoms. The molecule has 5 aliphatic heterocycles. The minimum absolute atomic E-state index is 0. The molecule has 6 saturated carbocycles. The van der Waals surface area contributed by atoms with Crippen LogP contribution in [0, 0.1) is 34.5 Å². The fourth-order valence-electron chi connectivity index (χ4n) is 13.4. The van der Waals surface area contributed by atoms with E-state index in [9.17, 15) is 28.8 Å². The number of halogens is 1. The van der Waals surface area contributed by atoms with Crippen LogP contribution < -0.4 is 11.1 Å². The number of imide groups is 1. The van der Waals surface area contributed by atoms with Gasteiger partial charge in [-0.1, -0.05) is 107 Å². The van der Waals surface area contributed by atoms with Crippen LogP contribution in [0.25, 0.3) is 0 Å². The first-order valence-electron chi connectivity index (χ1n) is 27.1. The zero-order chi connectivity index (χ0) is 54.3. The predicted octanol–water partition coefficient (Wildman–Crippen LogP) is 6.61. The number of carbonyl (C=O) groups excluding carboxylic acids is 6. The third kappa shape index (κ3) is 12.2. The SMILES string of the molecule is C=CC(=O)N1CC[C@H](OC(=O)N[C@@H](Cc2ccccc2)B2O[C@H]3[C@H]4C[C@@H](C[C@@]3(C)O2)C4(C)C)C1.C=CC(=O)N1CC[C@H](OC(=O)ON2C(=O)CCC2=O)C1.CC1(C)[C@H]2C[C@@H]1[C@@H]1OB([C@@H](N)Cc3ccccc3)O[C@]1(C)C2.Cl. The number of carbonyl (C=O) groups is 6. The number of nitrogens with one attached hydrogen (secondary N) is 1. The summed E-state index contributed by atoms with van der Waals surface area (Å²) in [6.07, 6.45) is 7.31. The van der Waals surface area contributed by atoms with Crippen LogP contribution in [0.3, 0.4) is 0 Å². The van der Waals surface area contributed by atoms with Crippen molar-refractivity contribution in [3.63, 3.8) is 0 Å². The predicted molar refractivity (Wildman–Crippen MR) is 288 cm³/mol. The van der Waals surface area contributed by atoms with E-state index < -0.39 is 37.3 Å². The second kappa shape index (κ2) is 23.2. The Balaban J connectivity index is 0.000000159. The molecule has 0 radical (unpaired) electrons. The summed E-state index contributed by atoms with van der Waals surface area (Å²) in [6, 6.07) is 20.4. The quantitative estimate of drug-likeness (QED) is 0.0991. The van der Waals surface area contributed by atoms with Crippen molar-refractivity contribution in [3.05, 3.63) is 97.1 Å². The molecule has 11 aliphatic rings. The Morgan fingerprint density at radius 3 is 1.65 bits per heavy atom. The van der Waals surface area contributed by atoms with Crippen molar-refractivity contribution in [1.29, 1.82) is 0 Å². The molecule has 13 rings (SSSR count).